The zero-order valence-electron chi connectivity index (χ0n) is 18.5. The van der Waals surface area contributed by atoms with E-state index in [9.17, 15) is 22.8 Å². The third kappa shape index (κ3) is 6.07. The molecular weight excluding hydrogens is 436 g/mol. The number of ether oxygens (including phenoxy) is 2. The number of esters is 2. The fourth-order valence-electron chi connectivity index (χ4n) is 3.09. The molecule has 0 heterocycles. The summed E-state index contributed by atoms with van der Waals surface area (Å²) in [5, 5.41) is 2.54. The SMILES string of the molecule is COC(=O)c1cc(NC(=O)CN(c2ccccc2C(C)C)S(C)(=O)=O)cc(C(=O)OC)c1. The van der Waals surface area contributed by atoms with Gasteiger partial charge in [0.1, 0.15) is 6.54 Å². The van der Waals surface area contributed by atoms with E-state index in [1.807, 2.05) is 13.8 Å². The molecule has 0 fully saturated rings. The Labute approximate surface area is 187 Å². The highest BCUT2D eigenvalue weighted by Crippen LogP contribution is 2.29. The zero-order chi connectivity index (χ0) is 24.1. The molecule has 32 heavy (non-hydrogen) atoms. The van der Waals surface area contributed by atoms with Crippen molar-refractivity contribution in [3.05, 3.63) is 59.2 Å². The molecule has 0 spiro atoms. The lowest BCUT2D eigenvalue weighted by Crippen LogP contribution is -2.38. The quantitative estimate of drug-likeness (QED) is 0.599. The van der Waals surface area contributed by atoms with Gasteiger partial charge in [0.05, 0.1) is 37.3 Å². The number of nitrogens with zero attached hydrogens (tertiary/aromatic N) is 1. The van der Waals surface area contributed by atoms with Crippen LogP contribution in [0.15, 0.2) is 42.5 Å². The number of nitrogens with one attached hydrogen (secondary N) is 1. The van der Waals surface area contributed by atoms with Gasteiger partial charge in [0, 0.05) is 5.69 Å². The van der Waals surface area contributed by atoms with Crippen LogP contribution in [0.5, 0.6) is 0 Å². The summed E-state index contributed by atoms with van der Waals surface area (Å²) < 4.78 is 35.3. The van der Waals surface area contributed by atoms with Crippen molar-refractivity contribution in [1.82, 2.24) is 0 Å². The molecule has 0 atom stereocenters. The number of carbonyl (C=O) groups is 3. The molecule has 0 aliphatic carbocycles. The summed E-state index contributed by atoms with van der Waals surface area (Å²) in [5.41, 5.74) is 1.33. The number of hydrogen-bond donors (Lipinski definition) is 1. The molecule has 0 aliphatic rings. The molecule has 2 aromatic rings. The van der Waals surface area contributed by atoms with E-state index < -0.39 is 34.4 Å². The van der Waals surface area contributed by atoms with Crippen LogP contribution in [0.3, 0.4) is 0 Å². The lowest BCUT2D eigenvalue weighted by Gasteiger charge is -2.25. The monoisotopic (exact) mass is 462 g/mol. The van der Waals surface area contributed by atoms with Gasteiger partial charge in [-0.15, -0.1) is 0 Å². The molecule has 0 radical (unpaired) electrons. The van der Waals surface area contributed by atoms with Crippen molar-refractivity contribution >= 4 is 39.2 Å². The van der Waals surface area contributed by atoms with Crippen molar-refractivity contribution in [3.8, 4) is 0 Å². The second-order valence-electron chi connectivity index (χ2n) is 7.31. The van der Waals surface area contributed by atoms with E-state index in [-0.39, 0.29) is 22.7 Å². The largest absolute Gasteiger partial charge is 0.465 e. The molecule has 2 rings (SSSR count). The third-order valence-electron chi connectivity index (χ3n) is 4.57. The maximum absolute atomic E-state index is 12.8. The van der Waals surface area contributed by atoms with Crippen LogP contribution in [0.4, 0.5) is 11.4 Å². The summed E-state index contributed by atoms with van der Waals surface area (Å²) in [6, 6.07) is 10.8. The molecule has 0 aliphatic heterocycles. The van der Waals surface area contributed by atoms with Gasteiger partial charge in [-0.2, -0.15) is 0 Å². The summed E-state index contributed by atoms with van der Waals surface area (Å²) in [7, 11) is -1.42. The first-order valence-corrected chi connectivity index (χ1v) is 11.5. The van der Waals surface area contributed by atoms with E-state index in [4.69, 9.17) is 0 Å². The van der Waals surface area contributed by atoms with Crippen LogP contribution >= 0.6 is 0 Å². The topological polar surface area (TPSA) is 119 Å². The Morgan fingerprint density at radius 3 is 1.97 bits per heavy atom. The third-order valence-corrected chi connectivity index (χ3v) is 5.70. The van der Waals surface area contributed by atoms with Gasteiger partial charge in [-0.1, -0.05) is 32.0 Å². The van der Waals surface area contributed by atoms with Crippen LogP contribution in [0.25, 0.3) is 0 Å². The average Bonchev–Trinajstić information content (AvgIpc) is 2.75. The fraction of sp³-hybridized carbons (Fsp3) is 0.318. The summed E-state index contributed by atoms with van der Waals surface area (Å²) in [5.74, 6) is -2.06. The Morgan fingerprint density at radius 1 is 0.969 bits per heavy atom. The van der Waals surface area contributed by atoms with Crippen LogP contribution in [0, 0.1) is 0 Å². The number of carbonyl (C=O) groups excluding carboxylic acids is 3. The molecule has 9 nitrogen and oxygen atoms in total. The maximum Gasteiger partial charge on any atom is 0.337 e. The van der Waals surface area contributed by atoms with E-state index in [0.29, 0.717) is 5.69 Å². The summed E-state index contributed by atoms with van der Waals surface area (Å²) in [6.07, 6.45) is 1.02. The van der Waals surface area contributed by atoms with Crippen molar-refractivity contribution < 1.29 is 32.3 Å². The van der Waals surface area contributed by atoms with E-state index in [1.54, 1.807) is 24.3 Å². The Hall–Kier alpha value is -3.40. The highest BCUT2D eigenvalue weighted by molar-refractivity contribution is 7.92. The minimum Gasteiger partial charge on any atom is -0.465 e. The Balaban J connectivity index is 2.39. The summed E-state index contributed by atoms with van der Waals surface area (Å²) >= 11 is 0. The van der Waals surface area contributed by atoms with E-state index in [1.165, 1.54) is 32.4 Å². The predicted octanol–water partition coefficient (Wildman–Crippen LogP) is 2.79. The van der Waals surface area contributed by atoms with Crippen molar-refractivity contribution in [2.75, 3.05) is 36.6 Å². The molecule has 172 valence electrons. The maximum atomic E-state index is 12.8. The van der Waals surface area contributed by atoms with Gasteiger partial charge >= 0.3 is 11.9 Å². The van der Waals surface area contributed by atoms with Gasteiger partial charge in [-0.3, -0.25) is 9.10 Å². The summed E-state index contributed by atoms with van der Waals surface area (Å²) in [4.78, 5) is 36.6. The van der Waals surface area contributed by atoms with E-state index in [2.05, 4.69) is 14.8 Å². The zero-order valence-corrected chi connectivity index (χ0v) is 19.4. The van der Waals surface area contributed by atoms with Gasteiger partial charge in [-0.05, 0) is 35.7 Å². The smallest absolute Gasteiger partial charge is 0.337 e. The fourth-order valence-corrected chi connectivity index (χ4v) is 3.96. The second kappa shape index (κ2) is 10.3. The number of para-hydroxylation sites is 1. The van der Waals surface area contributed by atoms with Crippen molar-refractivity contribution in [1.29, 1.82) is 0 Å². The number of sulfonamides is 1. The average molecular weight is 463 g/mol. The highest BCUT2D eigenvalue weighted by atomic mass is 32.2. The predicted molar refractivity (Wildman–Crippen MR) is 120 cm³/mol. The van der Waals surface area contributed by atoms with Crippen LogP contribution < -0.4 is 9.62 Å². The Kier molecular flexibility index (Phi) is 7.98. The summed E-state index contributed by atoms with van der Waals surface area (Å²) in [6.45, 7) is 3.34. The van der Waals surface area contributed by atoms with Crippen molar-refractivity contribution in [3.63, 3.8) is 0 Å². The lowest BCUT2D eigenvalue weighted by atomic mass is 10.0. The molecular formula is C22H26N2O7S. The van der Waals surface area contributed by atoms with E-state index >= 15 is 0 Å². The van der Waals surface area contributed by atoms with Crippen LogP contribution in [0.2, 0.25) is 0 Å². The van der Waals surface area contributed by atoms with Crippen molar-refractivity contribution in [2.45, 2.75) is 19.8 Å². The molecule has 0 bridgehead atoms. The first-order chi connectivity index (χ1) is 15.0. The number of hydrogen-bond acceptors (Lipinski definition) is 7. The number of amides is 1. The van der Waals surface area contributed by atoms with Gasteiger partial charge in [0.2, 0.25) is 15.9 Å². The molecule has 0 unspecified atom stereocenters. The number of rotatable bonds is 8. The molecule has 2 aromatic carbocycles. The molecule has 0 saturated heterocycles. The second-order valence-corrected chi connectivity index (χ2v) is 9.22. The minimum atomic E-state index is -3.79. The number of benzene rings is 2. The lowest BCUT2D eigenvalue weighted by molar-refractivity contribution is -0.114. The van der Waals surface area contributed by atoms with Gasteiger partial charge in [-0.25, -0.2) is 18.0 Å². The van der Waals surface area contributed by atoms with Gasteiger partial charge in [0.15, 0.2) is 0 Å². The molecule has 0 aromatic heterocycles. The Bertz CT molecular complexity index is 1090. The molecule has 0 saturated carbocycles. The van der Waals surface area contributed by atoms with Gasteiger partial charge < -0.3 is 14.8 Å². The Morgan fingerprint density at radius 2 is 1.50 bits per heavy atom. The number of anilines is 2. The minimum absolute atomic E-state index is 0.0239. The first kappa shape index (κ1) is 24.9. The van der Waals surface area contributed by atoms with Crippen LogP contribution in [0.1, 0.15) is 46.0 Å². The first-order valence-electron chi connectivity index (χ1n) is 9.66. The standard InChI is InChI=1S/C22H26N2O7S/c1-14(2)18-8-6-7-9-19(18)24(32(5,28)29)13-20(25)23-17-11-15(21(26)30-3)10-16(12-17)22(27)31-4/h6-12,14H,13H2,1-5H3,(H,23,25). The van der Waals surface area contributed by atoms with Crippen LogP contribution in [-0.2, 0) is 24.3 Å². The normalized spacial score (nSPS) is 11.1. The molecule has 1 N–H and O–H groups in total. The van der Waals surface area contributed by atoms with Crippen molar-refractivity contribution in [2.24, 2.45) is 0 Å². The van der Waals surface area contributed by atoms with E-state index in [0.717, 1.165) is 16.1 Å². The molecule has 1 amide bonds. The van der Waals surface area contributed by atoms with Crippen LogP contribution in [-0.4, -0.2) is 53.3 Å². The number of methoxy groups -OCH3 is 2. The highest BCUT2D eigenvalue weighted by Gasteiger charge is 2.24. The van der Waals surface area contributed by atoms with Gasteiger partial charge in [0.25, 0.3) is 0 Å². The molecule has 10 heteroatoms.